The Balaban J connectivity index is 1.50. The molecule has 4 rings (SSSR count). The second kappa shape index (κ2) is 9.12. The standard InChI is InChI=1S/C24H25FN4O2/c1-2-17-5-11-21(12-6-17)29-23(30)14-13-22(27-29)28-15-3-4-18(16-28)24(31)26-20-9-7-19(25)8-10-20/h5-14,18H,2-4,15-16H2,1H3,(H,26,31)/t18-/m1/s1. The molecule has 7 heteroatoms. The molecule has 1 saturated heterocycles. The van der Waals surface area contributed by atoms with Crippen LogP contribution in [0.4, 0.5) is 15.9 Å². The van der Waals surface area contributed by atoms with Crippen molar-refractivity contribution in [2.24, 2.45) is 5.92 Å². The van der Waals surface area contributed by atoms with Crippen molar-refractivity contribution in [1.82, 2.24) is 9.78 Å². The van der Waals surface area contributed by atoms with Gasteiger partial charge in [0, 0.05) is 24.8 Å². The Morgan fingerprint density at radius 3 is 2.55 bits per heavy atom. The average molecular weight is 420 g/mol. The fourth-order valence-corrected chi connectivity index (χ4v) is 3.80. The Bertz CT molecular complexity index is 1110. The lowest BCUT2D eigenvalue weighted by molar-refractivity contribution is -0.120. The van der Waals surface area contributed by atoms with Crippen LogP contribution >= 0.6 is 0 Å². The minimum absolute atomic E-state index is 0.0974. The van der Waals surface area contributed by atoms with Crippen molar-refractivity contribution in [3.8, 4) is 5.69 Å². The van der Waals surface area contributed by atoms with Crippen LogP contribution < -0.4 is 15.8 Å². The third-order valence-electron chi connectivity index (χ3n) is 5.60. The summed E-state index contributed by atoms with van der Waals surface area (Å²) in [6.45, 7) is 3.35. The van der Waals surface area contributed by atoms with Gasteiger partial charge in [-0.2, -0.15) is 4.68 Å². The number of rotatable bonds is 5. The van der Waals surface area contributed by atoms with Crippen molar-refractivity contribution < 1.29 is 9.18 Å². The number of amides is 1. The van der Waals surface area contributed by atoms with E-state index in [0.29, 0.717) is 23.7 Å². The van der Waals surface area contributed by atoms with Gasteiger partial charge in [-0.25, -0.2) is 4.39 Å². The van der Waals surface area contributed by atoms with Crippen LogP contribution in [0.25, 0.3) is 5.69 Å². The number of halogens is 1. The molecule has 0 spiro atoms. The summed E-state index contributed by atoms with van der Waals surface area (Å²) in [5, 5.41) is 7.43. The molecule has 1 aromatic heterocycles. The van der Waals surface area contributed by atoms with Gasteiger partial charge in [0.1, 0.15) is 11.6 Å². The molecule has 0 unspecified atom stereocenters. The highest BCUT2D eigenvalue weighted by Crippen LogP contribution is 2.23. The Labute approximate surface area is 180 Å². The molecule has 1 N–H and O–H groups in total. The molecule has 0 aliphatic carbocycles. The molecule has 1 amide bonds. The number of aryl methyl sites for hydroxylation is 1. The first-order valence-corrected chi connectivity index (χ1v) is 10.5. The molecule has 2 aromatic carbocycles. The highest BCUT2D eigenvalue weighted by molar-refractivity contribution is 5.93. The maximum Gasteiger partial charge on any atom is 0.271 e. The van der Waals surface area contributed by atoms with Crippen LogP contribution in [0.1, 0.15) is 25.3 Å². The van der Waals surface area contributed by atoms with Gasteiger partial charge < -0.3 is 10.2 Å². The van der Waals surface area contributed by atoms with E-state index in [1.54, 1.807) is 18.2 Å². The van der Waals surface area contributed by atoms with Gasteiger partial charge >= 0.3 is 0 Å². The van der Waals surface area contributed by atoms with Crippen LogP contribution in [0, 0.1) is 11.7 Å². The van der Waals surface area contributed by atoms with E-state index < -0.39 is 0 Å². The molecule has 6 nitrogen and oxygen atoms in total. The summed E-state index contributed by atoms with van der Waals surface area (Å²) in [7, 11) is 0. The zero-order chi connectivity index (χ0) is 21.8. The predicted molar refractivity (Wildman–Crippen MR) is 119 cm³/mol. The number of benzene rings is 2. The maximum absolute atomic E-state index is 13.1. The number of hydrogen-bond acceptors (Lipinski definition) is 4. The van der Waals surface area contributed by atoms with E-state index in [4.69, 9.17) is 0 Å². The zero-order valence-corrected chi connectivity index (χ0v) is 17.4. The van der Waals surface area contributed by atoms with Crippen molar-refractivity contribution in [3.63, 3.8) is 0 Å². The Hall–Kier alpha value is -3.48. The van der Waals surface area contributed by atoms with Crippen molar-refractivity contribution >= 4 is 17.4 Å². The van der Waals surface area contributed by atoms with Crippen LogP contribution in [0.5, 0.6) is 0 Å². The van der Waals surface area contributed by atoms with Crippen LogP contribution in [-0.4, -0.2) is 28.8 Å². The topological polar surface area (TPSA) is 67.2 Å². The molecule has 1 fully saturated rings. The van der Waals surface area contributed by atoms with Gasteiger partial charge in [0.2, 0.25) is 5.91 Å². The lowest BCUT2D eigenvalue weighted by Gasteiger charge is -2.32. The second-order valence-electron chi connectivity index (χ2n) is 7.74. The molecule has 1 atom stereocenters. The van der Waals surface area contributed by atoms with Crippen LogP contribution in [0.2, 0.25) is 0 Å². The summed E-state index contributed by atoms with van der Waals surface area (Å²) in [6.07, 6.45) is 2.53. The molecule has 160 valence electrons. The van der Waals surface area contributed by atoms with Crippen molar-refractivity contribution in [3.05, 3.63) is 82.4 Å². The molecule has 2 heterocycles. The first kappa shape index (κ1) is 20.8. The number of nitrogens with one attached hydrogen (secondary N) is 1. The Morgan fingerprint density at radius 2 is 1.84 bits per heavy atom. The largest absolute Gasteiger partial charge is 0.354 e. The minimum Gasteiger partial charge on any atom is -0.354 e. The molecular formula is C24H25FN4O2. The predicted octanol–water partition coefficient (Wildman–Crippen LogP) is 3.79. The molecule has 0 saturated carbocycles. The number of carbonyl (C=O) groups is 1. The quantitative estimate of drug-likeness (QED) is 0.682. The fraction of sp³-hybridized carbons (Fsp3) is 0.292. The summed E-state index contributed by atoms with van der Waals surface area (Å²) >= 11 is 0. The van der Waals surface area contributed by atoms with Crippen LogP contribution in [0.3, 0.4) is 0 Å². The highest BCUT2D eigenvalue weighted by Gasteiger charge is 2.27. The van der Waals surface area contributed by atoms with Crippen LogP contribution in [0.15, 0.2) is 65.5 Å². The summed E-state index contributed by atoms with van der Waals surface area (Å²) in [5.74, 6) is 0.00965. The molecule has 31 heavy (non-hydrogen) atoms. The molecular weight excluding hydrogens is 395 g/mol. The van der Waals surface area contributed by atoms with Crippen molar-refractivity contribution in [1.29, 1.82) is 0 Å². The van der Waals surface area contributed by atoms with E-state index in [1.165, 1.54) is 28.4 Å². The zero-order valence-electron chi connectivity index (χ0n) is 17.4. The maximum atomic E-state index is 13.1. The van der Waals surface area contributed by atoms with Gasteiger partial charge in [0.05, 0.1) is 11.6 Å². The lowest BCUT2D eigenvalue weighted by atomic mass is 9.97. The number of nitrogens with zero attached hydrogens (tertiary/aromatic N) is 3. The van der Waals surface area contributed by atoms with E-state index in [1.807, 2.05) is 29.2 Å². The summed E-state index contributed by atoms with van der Waals surface area (Å²) in [4.78, 5) is 27.2. The van der Waals surface area contributed by atoms with Gasteiger partial charge in [-0.05, 0) is 67.3 Å². The molecule has 1 aliphatic heterocycles. The van der Waals surface area contributed by atoms with Gasteiger partial charge in [0.15, 0.2) is 0 Å². The Morgan fingerprint density at radius 1 is 1.10 bits per heavy atom. The Kier molecular flexibility index (Phi) is 6.11. The average Bonchev–Trinajstić information content (AvgIpc) is 2.81. The van der Waals surface area contributed by atoms with E-state index in [-0.39, 0.29) is 23.2 Å². The molecule has 3 aromatic rings. The van der Waals surface area contributed by atoms with Gasteiger partial charge in [0.25, 0.3) is 5.56 Å². The van der Waals surface area contributed by atoms with Crippen LogP contribution in [-0.2, 0) is 11.2 Å². The fourth-order valence-electron chi connectivity index (χ4n) is 3.80. The lowest BCUT2D eigenvalue weighted by Crippen LogP contribution is -2.41. The monoisotopic (exact) mass is 420 g/mol. The van der Waals surface area contributed by atoms with E-state index >= 15 is 0 Å². The number of piperidine rings is 1. The summed E-state index contributed by atoms with van der Waals surface area (Å²) in [5.41, 5.74) is 2.28. The summed E-state index contributed by atoms with van der Waals surface area (Å²) in [6, 6.07) is 16.7. The minimum atomic E-state index is -0.340. The SMILES string of the molecule is CCc1ccc(-n2nc(N3CCC[C@@H](C(=O)Nc4ccc(F)cc4)C3)ccc2=O)cc1. The number of anilines is 2. The second-order valence-corrected chi connectivity index (χ2v) is 7.74. The van der Waals surface area contributed by atoms with Crippen molar-refractivity contribution in [2.75, 3.05) is 23.3 Å². The third-order valence-corrected chi connectivity index (χ3v) is 5.60. The number of hydrogen-bond donors (Lipinski definition) is 1. The molecule has 0 bridgehead atoms. The number of aromatic nitrogens is 2. The first-order chi connectivity index (χ1) is 15.0. The van der Waals surface area contributed by atoms with E-state index in [2.05, 4.69) is 17.3 Å². The van der Waals surface area contributed by atoms with E-state index in [0.717, 1.165) is 25.8 Å². The van der Waals surface area contributed by atoms with E-state index in [9.17, 15) is 14.0 Å². The molecule has 1 aliphatic rings. The normalized spacial score (nSPS) is 16.2. The smallest absolute Gasteiger partial charge is 0.271 e. The van der Waals surface area contributed by atoms with Crippen molar-refractivity contribution in [2.45, 2.75) is 26.2 Å². The van der Waals surface area contributed by atoms with Gasteiger partial charge in [-0.3, -0.25) is 9.59 Å². The van der Waals surface area contributed by atoms with Gasteiger partial charge in [-0.1, -0.05) is 19.1 Å². The first-order valence-electron chi connectivity index (χ1n) is 10.5. The third kappa shape index (κ3) is 4.82. The van der Waals surface area contributed by atoms with Gasteiger partial charge in [-0.15, -0.1) is 5.10 Å². The summed E-state index contributed by atoms with van der Waals surface area (Å²) < 4.78 is 14.5. The highest BCUT2D eigenvalue weighted by atomic mass is 19.1. The number of carbonyl (C=O) groups excluding carboxylic acids is 1. The molecule has 0 radical (unpaired) electrons.